The number of benzene rings is 1. The van der Waals surface area contributed by atoms with Gasteiger partial charge >= 0.3 is 5.69 Å². The highest BCUT2D eigenvalue weighted by molar-refractivity contribution is 7.99. The summed E-state index contributed by atoms with van der Waals surface area (Å²) in [5.41, 5.74) is 2.21. The predicted octanol–water partition coefficient (Wildman–Crippen LogP) is 5.25. The lowest BCUT2D eigenvalue weighted by Crippen LogP contribution is -2.49. The molecule has 0 radical (unpaired) electrons. The molecule has 1 aromatic carbocycles. The zero-order chi connectivity index (χ0) is 30.0. The van der Waals surface area contributed by atoms with E-state index in [0.717, 1.165) is 17.0 Å². The Kier molecular flexibility index (Phi) is 6.89. The number of rotatable bonds is 3. The molecule has 1 aliphatic carbocycles. The highest BCUT2D eigenvalue weighted by Crippen LogP contribution is 2.43. The normalized spacial score (nSPS) is 19.2. The van der Waals surface area contributed by atoms with Crippen molar-refractivity contribution in [2.24, 2.45) is 0 Å². The van der Waals surface area contributed by atoms with Crippen LogP contribution in [0.1, 0.15) is 31.9 Å². The summed E-state index contributed by atoms with van der Waals surface area (Å²) < 4.78 is 17.0. The van der Waals surface area contributed by atoms with Gasteiger partial charge in [0.25, 0.3) is 0 Å². The Morgan fingerprint density at radius 2 is 2.07 bits per heavy atom. The third-order valence-electron chi connectivity index (χ3n) is 8.25. The highest BCUT2D eigenvalue weighted by Gasteiger charge is 2.51. The van der Waals surface area contributed by atoms with E-state index in [9.17, 15) is 9.59 Å². The van der Waals surface area contributed by atoms with Gasteiger partial charge in [0.15, 0.2) is 5.65 Å². The van der Waals surface area contributed by atoms with E-state index in [1.54, 1.807) is 36.2 Å². The molecule has 3 aliphatic rings. The van der Waals surface area contributed by atoms with Crippen molar-refractivity contribution in [1.82, 2.24) is 24.4 Å². The van der Waals surface area contributed by atoms with Gasteiger partial charge in [0.2, 0.25) is 5.91 Å². The van der Waals surface area contributed by atoms with Crippen LogP contribution in [0.4, 0.5) is 15.9 Å². The molecule has 3 aromatic heterocycles. The number of nitrogens with zero attached hydrogens (tertiary/aromatic N) is 6. The number of amides is 1. The second kappa shape index (κ2) is 10.6. The van der Waals surface area contributed by atoms with Crippen LogP contribution in [-0.4, -0.2) is 67.8 Å². The fraction of sp³-hybridized carbons (Fsp3) is 0.323. The summed E-state index contributed by atoms with van der Waals surface area (Å²) in [6.45, 7) is 9.19. The lowest BCUT2D eigenvalue weighted by molar-refractivity contribution is -0.126. The number of thioether (sulfide) groups is 1. The maximum atomic E-state index is 15.5. The number of hydrogen-bond acceptors (Lipinski definition) is 8. The van der Waals surface area contributed by atoms with E-state index in [-0.39, 0.29) is 40.2 Å². The molecule has 0 spiro atoms. The Hall–Kier alpha value is -3.96. The van der Waals surface area contributed by atoms with E-state index in [2.05, 4.69) is 26.8 Å². The van der Waals surface area contributed by atoms with Gasteiger partial charge in [-0.1, -0.05) is 38.1 Å². The molecule has 43 heavy (non-hydrogen) atoms. The summed E-state index contributed by atoms with van der Waals surface area (Å²) in [5.74, 6) is 0.530. The van der Waals surface area contributed by atoms with Crippen molar-refractivity contribution in [2.75, 3.05) is 35.6 Å². The Labute approximate surface area is 256 Å². The number of hydrogen-bond donors (Lipinski definition) is 1. The molecular weight excluding hydrogens is 589 g/mol. The van der Waals surface area contributed by atoms with Crippen molar-refractivity contribution < 1.29 is 9.18 Å². The smallest absolute Gasteiger partial charge is 0.355 e. The first-order valence-electron chi connectivity index (χ1n) is 14.3. The van der Waals surface area contributed by atoms with Crippen LogP contribution in [0.5, 0.6) is 0 Å². The zero-order valence-corrected chi connectivity index (χ0v) is 25.3. The minimum atomic E-state index is -0.509. The summed E-state index contributed by atoms with van der Waals surface area (Å²) in [4.78, 5) is 45.7. The third-order valence-corrected chi connectivity index (χ3v) is 9.59. The van der Waals surface area contributed by atoms with Crippen LogP contribution in [0.25, 0.3) is 28.0 Å². The van der Waals surface area contributed by atoms with Gasteiger partial charge in [-0.3, -0.25) is 9.78 Å². The quantitative estimate of drug-likeness (QED) is 0.312. The zero-order valence-electron chi connectivity index (χ0n) is 23.7. The molecule has 1 saturated carbocycles. The maximum Gasteiger partial charge on any atom is 0.355 e. The Bertz CT molecular complexity index is 1880. The third kappa shape index (κ3) is 4.56. The van der Waals surface area contributed by atoms with Gasteiger partial charge < -0.3 is 15.1 Å². The molecule has 2 aliphatic heterocycles. The van der Waals surface area contributed by atoms with E-state index in [0.29, 0.717) is 53.6 Å². The fourth-order valence-electron chi connectivity index (χ4n) is 6.22. The number of piperazine rings is 1. The first kappa shape index (κ1) is 27.8. The van der Waals surface area contributed by atoms with Gasteiger partial charge in [0, 0.05) is 42.2 Å². The van der Waals surface area contributed by atoms with Crippen LogP contribution in [0.2, 0.25) is 5.02 Å². The van der Waals surface area contributed by atoms with E-state index >= 15 is 4.39 Å². The number of carbonyl (C=O) groups excluding carboxylic acids is 1. The van der Waals surface area contributed by atoms with Crippen molar-refractivity contribution in [3.63, 3.8) is 0 Å². The van der Waals surface area contributed by atoms with Crippen molar-refractivity contribution in [3.05, 3.63) is 76.2 Å². The van der Waals surface area contributed by atoms with Gasteiger partial charge in [-0.25, -0.2) is 18.7 Å². The van der Waals surface area contributed by atoms with E-state index in [1.165, 1.54) is 16.7 Å². The van der Waals surface area contributed by atoms with Crippen molar-refractivity contribution in [2.45, 2.75) is 43.2 Å². The van der Waals surface area contributed by atoms with Crippen molar-refractivity contribution >= 4 is 51.8 Å². The van der Waals surface area contributed by atoms with E-state index in [1.807, 2.05) is 24.8 Å². The number of halogens is 2. The molecule has 1 amide bonds. The Morgan fingerprint density at radius 1 is 1.23 bits per heavy atom. The van der Waals surface area contributed by atoms with E-state index < -0.39 is 11.5 Å². The van der Waals surface area contributed by atoms with Crippen LogP contribution in [0, 0.1) is 5.82 Å². The fourth-order valence-corrected chi connectivity index (χ4v) is 7.37. The Morgan fingerprint density at radius 3 is 2.86 bits per heavy atom. The summed E-state index contributed by atoms with van der Waals surface area (Å²) in [6, 6.07) is 8.47. The van der Waals surface area contributed by atoms with Gasteiger partial charge in [-0.15, -0.1) is 11.8 Å². The lowest BCUT2D eigenvalue weighted by atomic mass is 10.1. The summed E-state index contributed by atoms with van der Waals surface area (Å²) in [7, 11) is 0. The van der Waals surface area contributed by atoms with Gasteiger partial charge in [-0.05, 0) is 42.7 Å². The molecule has 220 valence electrons. The first-order valence-corrected chi connectivity index (χ1v) is 15.6. The number of anilines is 2. The molecule has 5 heterocycles. The average molecular weight is 618 g/mol. The molecule has 1 N–H and O–H groups in total. The second-order valence-electron chi connectivity index (χ2n) is 11.2. The summed E-state index contributed by atoms with van der Waals surface area (Å²) in [6.07, 6.45) is 3.85. The molecule has 9 nitrogen and oxygen atoms in total. The molecular formula is C31H29ClFN7O2S. The lowest BCUT2D eigenvalue weighted by Gasteiger charge is -2.35. The van der Waals surface area contributed by atoms with Crippen LogP contribution >= 0.6 is 23.4 Å². The topological polar surface area (TPSA) is 96.3 Å². The molecule has 2 fully saturated rings. The SMILES string of the molecule is C=CC(=O)N1CCN(c2nc(=O)n3c4nc(c(Cl)cc24)-c2c(F)cccc2NCCSc2ccnc(C(C)C)c2-3)[C@@H]2CC21. The number of carbonyl (C=O) groups is 1. The summed E-state index contributed by atoms with van der Waals surface area (Å²) in [5, 5.41) is 4.16. The van der Waals surface area contributed by atoms with Gasteiger partial charge in [0.05, 0.1) is 45.1 Å². The maximum absolute atomic E-state index is 15.5. The number of fused-ring (bicyclic) bond motifs is 6. The highest BCUT2D eigenvalue weighted by atomic mass is 35.5. The molecule has 4 aromatic rings. The number of pyridine rings is 2. The van der Waals surface area contributed by atoms with Crippen molar-refractivity contribution in [1.29, 1.82) is 0 Å². The standard InChI is InChI=1S/C31H29ClFN7O2S/c1-4-24(41)38-11-12-39(22-15-21(22)38)29-17-14-18(32)27-25-19(33)6-5-7-20(25)34-10-13-43-23-8-9-35-26(16(2)3)28(23)40(30(17)36-27)31(42)37-29/h4-9,14,16,21-22,34H,1,10-13,15H2,2-3H3/t21?,22-/m1/s1. The molecule has 2 bridgehead atoms. The van der Waals surface area contributed by atoms with Crippen LogP contribution in [-0.2, 0) is 4.79 Å². The van der Waals surface area contributed by atoms with Gasteiger partial charge in [-0.2, -0.15) is 4.98 Å². The minimum absolute atomic E-state index is 0.00385. The molecule has 2 atom stereocenters. The summed E-state index contributed by atoms with van der Waals surface area (Å²) >= 11 is 8.50. The monoisotopic (exact) mass is 617 g/mol. The molecule has 7 rings (SSSR count). The predicted molar refractivity (Wildman–Crippen MR) is 168 cm³/mol. The number of nitrogens with one attached hydrogen (secondary N) is 1. The average Bonchev–Trinajstić information content (AvgIpc) is 3.79. The first-order chi connectivity index (χ1) is 20.8. The number of aromatic nitrogens is 4. The molecule has 1 saturated heterocycles. The van der Waals surface area contributed by atoms with Gasteiger partial charge in [0.1, 0.15) is 11.6 Å². The van der Waals surface area contributed by atoms with Crippen LogP contribution in [0.15, 0.2) is 58.9 Å². The molecule has 1 unspecified atom stereocenters. The minimum Gasteiger partial charge on any atom is -0.384 e. The second-order valence-corrected chi connectivity index (χ2v) is 12.7. The van der Waals surface area contributed by atoms with Crippen LogP contribution in [0.3, 0.4) is 0 Å². The largest absolute Gasteiger partial charge is 0.384 e. The molecule has 12 heteroatoms. The Balaban J connectivity index is 1.53. The van der Waals surface area contributed by atoms with Crippen LogP contribution < -0.4 is 15.9 Å². The van der Waals surface area contributed by atoms with E-state index in [4.69, 9.17) is 16.6 Å². The van der Waals surface area contributed by atoms with Crippen molar-refractivity contribution in [3.8, 4) is 16.9 Å².